The summed E-state index contributed by atoms with van der Waals surface area (Å²) in [6.45, 7) is 0. The van der Waals surface area contributed by atoms with E-state index in [1.165, 1.54) is 18.6 Å². The Labute approximate surface area is 84.6 Å². The van der Waals surface area contributed by atoms with Gasteiger partial charge in [0.25, 0.3) is 0 Å². The quantitative estimate of drug-likeness (QED) is 0.484. The number of carbonyl (C=O) groups is 2. The Morgan fingerprint density at radius 1 is 1.60 bits per heavy atom. The molecular formula is C8H9N3O4. The minimum Gasteiger partial charge on any atom is -0.481 e. The van der Waals surface area contributed by atoms with Crippen LogP contribution in [0.5, 0.6) is 0 Å². The van der Waals surface area contributed by atoms with Crippen molar-refractivity contribution in [2.24, 2.45) is 10.8 Å². The van der Waals surface area contributed by atoms with Crippen LogP contribution in [0.3, 0.4) is 0 Å². The number of furan rings is 1. The summed E-state index contributed by atoms with van der Waals surface area (Å²) in [5.41, 5.74) is 7.40. The van der Waals surface area contributed by atoms with Gasteiger partial charge < -0.3 is 15.3 Å². The highest BCUT2D eigenvalue weighted by molar-refractivity contribution is 6.08. The number of aliphatic carboxylic acids is 1. The van der Waals surface area contributed by atoms with Crippen molar-refractivity contribution >= 4 is 17.7 Å². The van der Waals surface area contributed by atoms with Gasteiger partial charge in [-0.2, -0.15) is 5.10 Å². The molecule has 1 aromatic rings. The maximum atomic E-state index is 10.5. The first kappa shape index (κ1) is 10.8. The molecule has 0 fully saturated rings. The van der Waals surface area contributed by atoms with Gasteiger partial charge in [0.2, 0.25) is 0 Å². The molecular weight excluding hydrogens is 202 g/mol. The first-order valence-electron chi connectivity index (χ1n) is 3.96. The van der Waals surface area contributed by atoms with Crippen molar-refractivity contribution in [3.63, 3.8) is 0 Å². The molecule has 0 radical (unpaired) electrons. The summed E-state index contributed by atoms with van der Waals surface area (Å²) in [6, 6.07) is 0.672. The second kappa shape index (κ2) is 4.80. The second-order valence-corrected chi connectivity index (χ2v) is 2.62. The molecule has 0 aliphatic carbocycles. The zero-order valence-electron chi connectivity index (χ0n) is 7.64. The number of amides is 2. The fraction of sp³-hybridized carbons (Fsp3) is 0.125. The lowest BCUT2D eigenvalue weighted by Crippen LogP contribution is -2.26. The Morgan fingerprint density at radius 2 is 2.33 bits per heavy atom. The maximum Gasteiger partial charge on any atom is 0.332 e. The third-order valence-corrected chi connectivity index (χ3v) is 1.47. The van der Waals surface area contributed by atoms with Crippen LogP contribution in [-0.4, -0.2) is 22.8 Å². The van der Waals surface area contributed by atoms with Crippen LogP contribution in [-0.2, 0) is 4.79 Å². The number of carboxylic acids is 1. The van der Waals surface area contributed by atoms with E-state index in [1.54, 1.807) is 0 Å². The molecule has 7 heteroatoms. The van der Waals surface area contributed by atoms with Gasteiger partial charge in [0.1, 0.15) is 0 Å². The molecule has 0 saturated heterocycles. The number of hydrogen-bond donors (Lipinski definition) is 3. The Kier molecular flexibility index (Phi) is 3.44. The topological polar surface area (TPSA) is 118 Å². The molecule has 80 valence electrons. The van der Waals surface area contributed by atoms with Crippen LogP contribution in [0.2, 0.25) is 0 Å². The summed E-state index contributed by atoms with van der Waals surface area (Å²) in [4.78, 5) is 20.9. The zero-order valence-corrected chi connectivity index (χ0v) is 7.64. The smallest absolute Gasteiger partial charge is 0.332 e. The van der Waals surface area contributed by atoms with Gasteiger partial charge in [-0.3, -0.25) is 4.79 Å². The molecule has 1 heterocycles. The highest BCUT2D eigenvalue weighted by atomic mass is 16.4. The van der Waals surface area contributed by atoms with Crippen molar-refractivity contribution in [2.75, 3.05) is 0 Å². The van der Waals surface area contributed by atoms with Crippen LogP contribution >= 0.6 is 0 Å². The van der Waals surface area contributed by atoms with Crippen molar-refractivity contribution < 1.29 is 19.1 Å². The van der Waals surface area contributed by atoms with Crippen LogP contribution in [0.4, 0.5) is 4.79 Å². The van der Waals surface area contributed by atoms with E-state index in [0.29, 0.717) is 5.56 Å². The largest absolute Gasteiger partial charge is 0.481 e. The summed E-state index contributed by atoms with van der Waals surface area (Å²) in [5, 5.41) is 12.1. The molecule has 4 N–H and O–H groups in total. The molecule has 0 unspecified atom stereocenters. The van der Waals surface area contributed by atoms with Gasteiger partial charge in [0, 0.05) is 5.56 Å². The van der Waals surface area contributed by atoms with Gasteiger partial charge in [-0.1, -0.05) is 0 Å². The fourth-order valence-electron chi connectivity index (χ4n) is 0.901. The van der Waals surface area contributed by atoms with E-state index >= 15 is 0 Å². The molecule has 0 aliphatic rings. The van der Waals surface area contributed by atoms with Crippen LogP contribution in [0, 0.1) is 0 Å². The van der Waals surface area contributed by atoms with Crippen molar-refractivity contribution in [1.29, 1.82) is 0 Å². The van der Waals surface area contributed by atoms with Gasteiger partial charge in [0.15, 0.2) is 0 Å². The van der Waals surface area contributed by atoms with E-state index in [0.717, 1.165) is 0 Å². The van der Waals surface area contributed by atoms with Gasteiger partial charge in [0.05, 0.1) is 24.7 Å². The Bertz CT molecular complexity index is 383. The number of nitrogens with one attached hydrogen (secondary N) is 1. The van der Waals surface area contributed by atoms with Gasteiger partial charge in [-0.05, 0) is 6.07 Å². The summed E-state index contributed by atoms with van der Waals surface area (Å²) in [7, 11) is 0. The molecule has 0 aromatic carbocycles. The summed E-state index contributed by atoms with van der Waals surface area (Å²) in [6.07, 6.45) is 2.36. The normalized spacial score (nSPS) is 11.1. The van der Waals surface area contributed by atoms with Crippen molar-refractivity contribution in [3.05, 3.63) is 24.2 Å². The number of carboxylic acid groups (broad SMARTS) is 1. The monoisotopic (exact) mass is 211 g/mol. The summed E-state index contributed by atoms with van der Waals surface area (Å²) < 4.78 is 4.77. The number of nitrogens with two attached hydrogens (primary N) is 1. The lowest BCUT2D eigenvalue weighted by atomic mass is 10.1. The third-order valence-electron chi connectivity index (χ3n) is 1.47. The maximum absolute atomic E-state index is 10.5. The van der Waals surface area contributed by atoms with Crippen molar-refractivity contribution in [2.45, 2.75) is 6.42 Å². The van der Waals surface area contributed by atoms with Crippen LogP contribution in [0.25, 0.3) is 0 Å². The predicted octanol–water partition coefficient (Wildman–Crippen LogP) is 0.127. The SMILES string of the molecule is NC(=O)N/N=C(/CC(=O)O)c1ccoc1. The van der Waals surface area contributed by atoms with Crippen LogP contribution < -0.4 is 11.2 Å². The average Bonchev–Trinajstić information content (AvgIpc) is 2.63. The lowest BCUT2D eigenvalue weighted by molar-refractivity contribution is -0.135. The molecule has 1 rings (SSSR count). The highest BCUT2D eigenvalue weighted by Crippen LogP contribution is 2.05. The van der Waals surface area contributed by atoms with Crippen molar-refractivity contribution in [1.82, 2.24) is 5.43 Å². The predicted molar refractivity (Wildman–Crippen MR) is 50.2 cm³/mol. The summed E-state index contributed by atoms with van der Waals surface area (Å²) >= 11 is 0. The summed E-state index contributed by atoms with van der Waals surface area (Å²) in [5.74, 6) is -1.07. The first-order chi connectivity index (χ1) is 7.09. The molecule has 0 bridgehead atoms. The van der Waals surface area contributed by atoms with E-state index in [2.05, 4.69) is 5.10 Å². The third kappa shape index (κ3) is 3.51. The van der Waals surface area contributed by atoms with Gasteiger partial charge >= 0.3 is 12.0 Å². The van der Waals surface area contributed by atoms with E-state index < -0.39 is 12.0 Å². The number of nitrogens with zero attached hydrogens (tertiary/aromatic N) is 1. The minimum absolute atomic E-state index is 0.162. The van der Waals surface area contributed by atoms with E-state index in [4.69, 9.17) is 15.3 Å². The zero-order chi connectivity index (χ0) is 11.3. The van der Waals surface area contributed by atoms with Crippen LogP contribution in [0.1, 0.15) is 12.0 Å². The number of rotatable bonds is 4. The molecule has 0 spiro atoms. The first-order valence-corrected chi connectivity index (χ1v) is 3.96. The Morgan fingerprint density at radius 3 is 2.80 bits per heavy atom. The van der Waals surface area contributed by atoms with E-state index in [-0.39, 0.29) is 12.1 Å². The molecule has 0 aliphatic heterocycles. The lowest BCUT2D eigenvalue weighted by Gasteiger charge is -2.00. The number of hydrazone groups is 1. The number of carbonyl (C=O) groups excluding carboxylic acids is 1. The molecule has 7 nitrogen and oxygen atoms in total. The molecule has 1 aromatic heterocycles. The molecule has 2 amide bonds. The number of urea groups is 1. The molecule has 0 saturated carbocycles. The van der Waals surface area contributed by atoms with E-state index in [9.17, 15) is 9.59 Å². The average molecular weight is 211 g/mol. The number of primary amides is 1. The highest BCUT2D eigenvalue weighted by Gasteiger charge is 2.10. The van der Waals surface area contributed by atoms with Crippen molar-refractivity contribution in [3.8, 4) is 0 Å². The second-order valence-electron chi connectivity index (χ2n) is 2.62. The fourth-order valence-corrected chi connectivity index (χ4v) is 0.901. The Balaban J connectivity index is 2.83. The number of hydrogen-bond acceptors (Lipinski definition) is 4. The van der Waals surface area contributed by atoms with E-state index in [1.807, 2.05) is 5.43 Å². The van der Waals surface area contributed by atoms with Gasteiger partial charge in [-0.15, -0.1) is 0 Å². The Hall–Kier alpha value is -2.31. The van der Waals surface area contributed by atoms with Gasteiger partial charge in [-0.25, -0.2) is 10.2 Å². The molecule has 0 atom stereocenters. The minimum atomic E-state index is -1.07. The molecule has 15 heavy (non-hydrogen) atoms. The van der Waals surface area contributed by atoms with Crippen LogP contribution in [0.15, 0.2) is 28.1 Å². The standard InChI is InChI=1S/C8H9N3O4/c9-8(14)11-10-6(3-7(12)13)5-1-2-15-4-5/h1-2,4H,3H2,(H,12,13)(H3,9,11,14)/b10-6-.